The molecule has 0 aliphatic heterocycles. The first-order valence-electron chi connectivity index (χ1n) is 6.59. The van der Waals surface area contributed by atoms with Crippen LogP contribution in [0.3, 0.4) is 0 Å². The van der Waals surface area contributed by atoms with E-state index in [1.54, 1.807) is 0 Å². The fraction of sp³-hybridized carbons (Fsp3) is 0.438. The Labute approximate surface area is 180 Å². The first kappa shape index (κ1) is 26.3. The first-order chi connectivity index (χ1) is 8.24. The van der Waals surface area contributed by atoms with Gasteiger partial charge in [-0.15, -0.1) is 40.6 Å². The maximum atomic E-state index is 2.30. The number of halogens is 2. The van der Waals surface area contributed by atoms with E-state index in [1.807, 2.05) is 0 Å². The molecule has 109 valence electrons. The maximum absolute atomic E-state index is 2.30. The predicted octanol–water partition coefficient (Wildman–Crippen LogP) is -0.998. The zero-order valence-corrected chi connectivity index (χ0v) is 20.5. The third kappa shape index (κ3) is 8.14. The van der Waals surface area contributed by atoms with Crippen LogP contribution in [0.1, 0.15) is 31.9 Å². The third-order valence-electron chi connectivity index (χ3n) is 3.06. The van der Waals surface area contributed by atoms with Gasteiger partial charge in [0.05, 0.1) is 0 Å². The van der Waals surface area contributed by atoms with Crippen LogP contribution in [0, 0.1) is 6.92 Å². The minimum Gasteiger partial charge on any atom is -1.00 e. The van der Waals surface area contributed by atoms with Crippen LogP contribution >= 0.6 is 0 Å². The van der Waals surface area contributed by atoms with Crippen LogP contribution in [0.4, 0.5) is 0 Å². The molecule has 0 saturated carbocycles. The molecule has 0 aromatic heterocycles. The van der Waals surface area contributed by atoms with Gasteiger partial charge in [-0.05, 0) is 6.42 Å². The standard InChI is InChI=1S/C12H13.C4H10Si.2HI.Zr/c1-3-10-8-11-6-4-5-7-12(11)9(10)2;1-3-5-4-2;;;/h4-8H,3H2,1-2H3;3-4H2,1-2H3;2*1H;/q-1;;;;+3/p-2. The molecule has 0 saturated heterocycles. The Hall–Kier alpha value is 1.39. The fourth-order valence-electron chi connectivity index (χ4n) is 2.05. The Morgan fingerprint density at radius 1 is 1.00 bits per heavy atom. The molecular formula is C16H23I2SiZr. The van der Waals surface area contributed by atoms with E-state index in [-0.39, 0.29) is 74.2 Å². The summed E-state index contributed by atoms with van der Waals surface area (Å²) in [5.74, 6) is 0. The minimum absolute atomic E-state index is 0. The average molecular weight is 588 g/mol. The number of benzene rings is 1. The Morgan fingerprint density at radius 2 is 1.55 bits per heavy atom. The molecule has 0 atom stereocenters. The molecule has 0 amide bonds. The van der Waals surface area contributed by atoms with Crippen LogP contribution in [0.25, 0.3) is 10.8 Å². The summed E-state index contributed by atoms with van der Waals surface area (Å²) in [6.45, 7) is 8.87. The van der Waals surface area contributed by atoms with Gasteiger partial charge in [0, 0.05) is 9.52 Å². The number of hydrogen-bond donors (Lipinski definition) is 0. The Balaban J connectivity index is -0.000000322. The van der Waals surface area contributed by atoms with Gasteiger partial charge in [0.1, 0.15) is 0 Å². The largest absolute Gasteiger partial charge is 3.00 e. The molecule has 0 unspecified atom stereocenters. The molecular weight excluding hydrogens is 565 g/mol. The van der Waals surface area contributed by atoms with Crippen LogP contribution < -0.4 is 48.0 Å². The van der Waals surface area contributed by atoms with Crippen molar-refractivity contribution in [2.45, 2.75) is 46.2 Å². The summed E-state index contributed by atoms with van der Waals surface area (Å²) in [6.07, 6.45) is 1.14. The Bertz CT molecular complexity index is 453. The Morgan fingerprint density at radius 3 is 1.95 bits per heavy atom. The van der Waals surface area contributed by atoms with Gasteiger partial charge >= 0.3 is 26.2 Å². The molecule has 0 aliphatic rings. The molecule has 2 rings (SSSR count). The van der Waals surface area contributed by atoms with E-state index in [1.165, 1.54) is 43.5 Å². The zero-order chi connectivity index (χ0) is 12.7. The molecule has 0 fully saturated rings. The summed E-state index contributed by atoms with van der Waals surface area (Å²) in [7, 11) is 1.20. The molecule has 0 nitrogen and oxygen atoms in total. The average Bonchev–Trinajstić information content (AvgIpc) is 2.69. The molecule has 0 aliphatic carbocycles. The van der Waals surface area contributed by atoms with Gasteiger partial charge in [0.15, 0.2) is 0 Å². The summed E-state index contributed by atoms with van der Waals surface area (Å²) < 4.78 is 0. The summed E-state index contributed by atoms with van der Waals surface area (Å²) in [5.41, 5.74) is 2.93. The second-order valence-corrected chi connectivity index (χ2v) is 6.11. The van der Waals surface area contributed by atoms with E-state index in [4.69, 9.17) is 0 Å². The van der Waals surface area contributed by atoms with E-state index in [0.717, 1.165) is 6.42 Å². The van der Waals surface area contributed by atoms with Crippen LogP contribution in [0.15, 0.2) is 30.3 Å². The zero-order valence-electron chi connectivity index (χ0n) is 12.8. The van der Waals surface area contributed by atoms with E-state index < -0.39 is 0 Å². The van der Waals surface area contributed by atoms with Crippen molar-refractivity contribution in [3.05, 3.63) is 41.5 Å². The van der Waals surface area contributed by atoms with Crippen molar-refractivity contribution in [2.24, 2.45) is 0 Å². The van der Waals surface area contributed by atoms with E-state index in [9.17, 15) is 0 Å². The molecule has 4 heteroatoms. The van der Waals surface area contributed by atoms with Gasteiger partial charge in [-0.1, -0.05) is 45.8 Å². The van der Waals surface area contributed by atoms with Gasteiger partial charge in [-0.3, -0.25) is 0 Å². The second kappa shape index (κ2) is 15.3. The topological polar surface area (TPSA) is 0 Å². The number of rotatable bonds is 3. The normalized spacial score (nSPS) is 8.60. The van der Waals surface area contributed by atoms with Crippen molar-refractivity contribution in [3.8, 4) is 0 Å². The quantitative estimate of drug-likeness (QED) is 0.246. The van der Waals surface area contributed by atoms with E-state index in [2.05, 4.69) is 58.0 Å². The van der Waals surface area contributed by atoms with Crippen molar-refractivity contribution < 1.29 is 74.2 Å². The van der Waals surface area contributed by atoms with Gasteiger partial charge in [0.25, 0.3) is 0 Å². The summed E-state index contributed by atoms with van der Waals surface area (Å²) in [6, 6.07) is 13.6. The molecule has 20 heavy (non-hydrogen) atoms. The summed E-state index contributed by atoms with van der Waals surface area (Å²) in [4.78, 5) is 0. The van der Waals surface area contributed by atoms with Gasteiger partial charge in [-0.2, -0.15) is 5.56 Å². The van der Waals surface area contributed by atoms with E-state index >= 15 is 0 Å². The predicted molar refractivity (Wildman–Crippen MR) is 80.4 cm³/mol. The van der Waals surface area contributed by atoms with Gasteiger partial charge < -0.3 is 48.0 Å². The SMILES string of the molecule is CC[Si]CC.CCc1[cH-]c2ccccc2c1C.[I-].[I-].[Zr+3]. The monoisotopic (exact) mass is 587 g/mol. The molecule has 0 N–H and O–H groups in total. The van der Waals surface area contributed by atoms with Crippen molar-refractivity contribution in [1.29, 1.82) is 0 Å². The Kier molecular flexibility index (Phi) is 20.1. The summed E-state index contributed by atoms with van der Waals surface area (Å²) >= 11 is 0. The molecule has 2 aromatic rings. The smallest absolute Gasteiger partial charge is 1.00 e. The minimum atomic E-state index is 0. The van der Waals surface area contributed by atoms with Crippen molar-refractivity contribution in [1.82, 2.24) is 0 Å². The third-order valence-corrected chi connectivity index (χ3v) is 4.06. The second-order valence-electron chi connectivity index (χ2n) is 4.19. The maximum Gasteiger partial charge on any atom is 3.00 e. The van der Waals surface area contributed by atoms with Gasteiger partial charge in [-0.25, -0.2) is 0 Å². The number of fused-ring (bicyclic) bond motifs is 1. The number of hydrogen-bond acceptors (Lipinski definition) is 0. The van der Waals surface area contributed by atoms with Crippen LogP contribution in [0.5, 0.6) is 0 Å². The summed E-state index contributed by atoms with van der Waals surface area (Å²) in [5, 5.41) is 2.79. The molecule has 2 aromatic carbocycles. The fourth-order valence-corrected chi connectivity index (χ4v) is 2.55. The molecule has 3 radical (unpaired) electrons. The van der Waals surface area contributed by atoms with Crippen LogP contribution in [-0.4, -0.2) is 9.52 Å². The van der Waals surface area contributed by atoms with Crippen molar-refractivity contribution in [2.75, 3.05) is 0 Å². The first-order valence-corrected chi connectivity index (χ1v) is 8.00. The molecule has 0 spiro atoms. The van der Waals surface area contributed by atoms with Crippen LogP contribution in [0.2, 0.25) is 12.1 Å². The van der Waals surface area contributed by atoms with Crippen molar-refractivity contribution >= 4 is 20.3 Å². The van der Waals surface area contributed by atoms with Gasteiger partial charge in [0.2, 0.25) is 0 Å². The van der Waals surface area contributed by atoms with Crippen molar-refractivity contribution in [3.63, 3.8) is 0 Å². The van der Waals surface area contributed by atoms with E-state index in [0.29, 0.717) is 0 Å². The van der Waals surface area contributed by atoms with Crippen LogP contribution in [-0.2, 0) is 32.6 Å². The molecule has 0 heterocycles. The number of aryl methyl sites for hydroxylation is 2. The molecule has 0 bridgehead atoms.